The third kappa shape index (κ3) is 3.02. The largest absolute Gasteiger partial charge is 0.312 e. The van der Waals surface area contributed by atoms with Crippen molar-refractivity contribution in [3.8, 4) is 0 Å². The Labute approximate surface area is 105 Å². The minimum absolute atomic E-state index is 0.126. The predicted molar refractivity (Wildman–Crippen MR) is 70.8 cm³/mol. The molecule has 0 amide bonds. The third-order valence-corrected chi connectivity index (χ3v) is 6.68. The molecule has 2 fully saturated rings. The van der Waals surface area contributed by atoms with E-state index in [1.165, 1.54) is 12.8 Å². The van der Waals surface area contributed by atoms with Gasteiger partial charge in [0.25, 0.3) is 0 Å². The first-order chi connectivity index (χ1) is 7.80. The molecule has 2 rings (SSSR count). The highest BCUT2D eigenvalue weighted by atomic mass is 32.2. The van der Waals surface area contributed by atoms with E-state index >= 15 is 0 Å². The van der Waals surface area contributed by atoms with Crippen molar-refractivity contribution in [3.05, 3.63) is 0 Å². The molecule has 3 atom stereocenters. The maximum absolute atomic E-state index is 11.7. The lowest BCUT2D eigenvalue weighted by Crippen LogP contribution is -2.39. The summed E-state index contributed by atoms with van der Waals surface area (Å²) in [5, 5.41) is 3.38. The zero-order chi connectivity index (χ0) is 12.7. The van der Waals surface area contributed by atoms with Crippen LogP contribution in [0.15, 0.2) is 0 Å². The molecule has 0 aromatic heterocycles. The van der Waals surface area contributed by atoms with Crippen LogP contribution < -0.4 is 5.32 Å². The van der Waals surface area contributed by atoms with Crippen LogP contribution in [0.25, 0.3) is 0 Å². The van der Waals surface area contributed by atoms with Crippen LogP contribution in [0.1, 0.15) is 46.5 Å². The molecule has 100 valence electrons. The standard InChI is InChI=1S/C13H25NO2S/c1-10-7-13(2,3)8-12(10)14-9-11-5-4-6-17(11,15)16/h10-12,14H,4-9H2,1-3H3. The van der Waals surface area contributed by atoms with Gasteiger partial charge in [-0.25, -0.2) is 8.42 Å². The highest BCUT2D eigenvalue weighted by Gasteiger charge is 2.38. The van der Waals surface area contributed by atoms with Crippen LogP contribution in [0.5, 0.6) is 0 Å². The zero-order valence-electron chi connectivity index (χ0n) is 11.2. The summed E-state index contributed by atoms with van der Waals surface area (Å²) in [6, 6.07) is 0.501. The highest BCUT2D eigenvalue weighted by Crippen LogP contribution is 2.40. The van der Waals surface area contributed by atoms with Gasteiger partial charge >= 0.3 is 0 Å². The molecule has 1 aliphatic heterocycles. The van der Waals surface area contributed by atoms with E-state index in [0.29, 0.717) is 29.7 Å². The van der Waals surface area contributed by atoms with Crippen LogP contribution in [-0.4, -0.2) is 32.0 Å². The molecule has 0 bridgehead atoms. The average Bonchev–Trinajstić information content (AvgIpc) is 2.63. The molecule has 1 N–H and O–H groups in total. The molecule has 3 unspecified atom stereocenters. The van der Waals surface area contributed by atoms with E-state index in [2.05, 4.69) is 26.1 Å². The molecule has 2 aliphatic rings. The molecular weight excluding hydrogens is 234 g/mol. The maximum atomic E-state index is 11.7. The van der Waals surface area contributed by atoms with Crippen molar-refractivity contribution in [2.45, 2.75) is 57.7 Å². The maximum Gasteiger partial charge on any atom is 0.154 e. The van der Waals surface area contributed by atoms with Crippen molar-refractivity contribution in [3.63, 3.8) is 0 Å². The van der Waals surface area contributed by atoms with Gasteiger partial charge in [0.2, 0.25) is 0 Å². The van der Waals surface area contributed by atoms with Crippen molar-refractivity contribution in [2.75, 3.05) is 12.3 Å². The molecule has 1 saturated heterocycles. The zero-order valence-corrected chi connectivity index (χ0v) is 12.0. The van der Waals surface area contributed by atoms with Gasteiger partial charge in [0.15, 0.2) is 9.84 Å². The molecule has 1 aliphatic carbocycles. The van der Waals surface area contributed by atoms with Gasteiger partial charge in [-0.2, -0.15) is 0 Å². The molecule has 0 spiro atoms. The Hall–Kier alpha value is -0.0900. The molecule has 1 heterocycles. The van der Waals surface area contributed by atoms with Crippen LogP contribution in [0, 0.1) is 11.3 Å². The molecule has 0 radical (unpaired) electrons. The SMILES string of the molecule is CC1CC(C)(C)CC1NCC1CCCS1(=O)=O. The molecule has 0 aromatic rings. The van der Waals surface area contributed by atoms with Gasteiger partial charge in [-0.1, -0.05) is 20.8 Å². The first-order valence-corrected chi connectivity index (χ1v) is 8.47. The lowest BCUT2D eigenvalue weighted by Gasteiger charge is -2.20. The van der Waals surface area contributed by atoms with Gasteiger partial charge in [-0.3, -0.25) is 0 Å². The average molecular weight is 259 g/mol. The highest BCUT2D eigenvalue weighted by molar-refractivity contribution is 7.92. The number of nitrogens with one attached hydrogen (secondary N) is 1. The van der Waals surface area contributed by atoms with Crippen molar-refractivity contribution in [2.24, 2.45) is 11.3 Å². The summed E-state index contributed by atoms with van der Waals surface area (Å²) in [6.07, 6.45) is 4.10. The van der Waals surface area contributed by atoms with E-state index in [-0.39, 0.29) is 5.25 Å². The van der Waals surface area contributed by atoms with E-state index in [0.717, 1.165) is 12.8 Å². The normalized spacial score (nSPS) is 39.6. The molecular formula is C13H25NO2S. The quantitative estimate of drug-likeness (QED) is 0.843. The van der Waals surface area contributed by atoms with Gasteiger partial charge in [-0.05, 0) is 37.0 Å². The Kier molecular flexibility index (Phi) is 3.56. The second kappa shape index (κ2) is 4.54. The molecule has 0 aromatic carbocycles. The summed E-state index contributed by atoms with van der Waals surface area (Å²) in [4.78, 5) is 0. The fraction of sp³-hybridized carbons (Fsp3) is 1.00. The topological polar surface area (TPSA) is 46.2 Å². The lowest BCUT2D eigenvalue weighted by atomic mass is 9.91. The van der Waals surface area contributed by atoms with E-state index in [9.17, 15) is 8.42 Å². The summed E-state index contributed by atoms with van der Waals surface area (Å²) in [5.41, 5.74) is 0.408. The summed E-state index contributed by atoms with van der Waals surface area (Å²) in [6.45, 7) is 7.54. The van der Waals surface area contributed by atoms with Crippen molar-refractivity contribution >= 4 is 9.84 Å². The minimum Gasteiger partial charge on any atom is -0.312 e. The Bertz CT molecular complexity index is 375. The Morgan fingerprint density at radius 3 is 2.47 bits per heavy atom. The first kappa shape index (κ1) is 13.3. The number of hydrogen-bond donors (Lipinski definition) is 1. The summed E-state index contributed by atoms with van der Waals surface area (Å²) in [7, 11) is -2.79. The lowest BCUT2D eigenvalue weighted by molar-refractivity contribution is 0.362. The minimum atomic E-state index is -2.79. The van der Waals surface area contributed by atoms with Gasteiger partial charge in [-0.15, -0.1) is 0 Å². The van der Waals surface area contributed by atoms with E-state index in [1.807, 2.05) is 0 Å². The number of sulfone groups is 1. The Morgan fingerprint density at radius 1 is 1.29 bits per heavy atom. The molecule has 17 heavy (non-hydrogen) atoms. The van der Waals surface area contributed by atoms with E-state index in [4.69, 9.17) is 0 Å². The second-order valence-corrected chi connectivity index (χ2v) is 9.10. The van der Waals surface area contributed by atoms with Crippen molar-refractivity contribution < 1.29 is 8.42 Å². The fourth-order valence-corrected chi connectivity index (χ4v) is 5.32. The Morgan fingerprint density at radius 2 is 2.00 bits per heavy atom. The van der Waals surface area contributed by atoms with Crippen LogP contribution in [0.2, 0.25) is 0 Å². The molecule has 1 saturated carbocycles. The van der Waals surface area contributed by atoms with Gasteiger partial charge in [0.05, 0.1) is 11.0 Å². The van der Waals surface area contributed by atoms with E-state index < -0.39 is 9.84 Å². The molecule has 3 nitrogen and oxygen atoms in total. The van der Waals surface area contributed by atoms with Gasteiger partial charge in [0.1, 0.15) is 0 Å². The fourth-order valence-electron chi connectivity index (χ4n) is 3.54. The van der Waals surface area contributed by atoms with Crippen molar-refractivity contribution in [1.82, 2.24) is 5.32 Å². The van der Waals surface area contributed by atoms with Crippen LogP contribution >= 0.6 is 0 Å². The predicted octanol–water partition coefficient (Wildman–Crippen LogP) is 1.98. The van der Waals surface area contributed by atoms with Gasteiger partial charge in [0, 0.05) is 12.6 Å². The first-order valence-electron chi connectivity index (χ1n) is 6.75. The smallest absolute Gasteiger partial charge is 0.154 e. The monoisotopic (exact) mass is 259 g/mol. The third-order valence-electron chi connectivity index (χ3n) is 4.40. The van der Waals surface area contributed by atoms with E-state index in [1.54, 1.807) is 0 Å². The summed E-state index contributed by atoms with van der Waals surface area (Å²) >= 11 is 0. The summed E-state index contributed by atoms with van der Waals surface area (Å²) in [5.74, 6) is 1.06. The van der Waals surface area contributed by atoms with Crippen molar-refractivity contribution in [1.29, 1.82) is 0 Å². The van der Waals surface area contributed by atoms with Gasteiger partial charge < -0.3 is 5.32 Å². The van der Waals surface area contributed by atoms with Crippen LogP contribution in [0.4, 0.5) is 0 Å². The second-order valence-electron chi connectivity index (χ2n) is 6.70. The number of hydrogen-bond acceptors (Lipinski definition) is 3. The Balaban J connectivity index is 1.87. The van der Waals surface area contributed by atoms with Crippen LogP contribution in [0.3, 0.4) is 0 Å². The molecule has 4 heteroatoms. The summed E-state index contributed by atoms with van der Waals surface area (Å²) < 4.78 is 23.5. The van der Waals surface area contributed by atoms with Crippen LogP contribution in [-0.2, 0) is 9.84 Å². The number of rotatable bonds is 3.